The van der Waals surface area contributed by atoms with Gasteiger partial charge in [-0.15, -0.1) is 0 Å². The van der Waals surface area contributed by atoms with E-state index in [-0.39, 0.29) is 0 Å². The van der Waals surface area contributed by atoms with Crippen LogP contribution in [0.3, 0.4) is 0 Å². The zero-order chi connectivity index (χ0) is 7.98. The molecule has 0 bridgehead atoms. The molecule has 0 aromatic rings. The van der Waals surface area contributed by atoms with E-state index < -0.39 is 12.0 Å². The molecule has 0 aliphatic carbocycles. The van der Waals surface area contributed by atoms with Crippen LogP contribution >= 0.6 is 21.6 Å². The molecule has 0 aromatic heterocycles. The molecule has 0 heterocycles. The molecular weight excluding hydrogens is 170 g/mol. The van der Waals surface area contributed by atoms with Crippen LogP contribution in [0.2, 0.25) is 0 Å². The molecule has 0 saturated heterocycles. The van der Waals surface area contributed by atoms with E-state index >= 15 is 0 Å². The summed E-state index contributed by atoms with van der Waals surface area (Å²) >= 11 is 0. The highest BCUT2D eigenvalue weighted by atomic mass is 33.1. The van der Waals surface area contributed by atoms with Gasteiger partial charge in [0.25, 0.3) is 0 Å². The molecule has 0 amide bonds. The monoisotopic (exact) mass is 181 g/mol. The molecule has 0 unspecified atom stereocenters. The minimum atomic E-state index is -0.915. The summed E-state index contributed by atoms with van der Waals surface area (Å²) in [5.74, 6) is -0.115. The van der Waals surface area contributed by atoms with Crippen molar-refractivity contribution in [2.75, 3.05) is 12.0 Å². The van der Waals surface area contributed by atoms with Crippen LogP contribution in [0.1, 0.15) is 6.42 Å². The topological polar surface area (TPSA) is 63.3 Å². The van der Waals surface area contributed by atoms with E-state index in [0.717, 1.165) is 5.75 Å². The molecule has 0 saturated carbocycles. The van der Waals surface area contributed by atoms with Crippen molar-refractivity contribution in [3.05, 3.63) is 0 Å². The van der Waals surface area contributed by atoms with E-state index in [9.17, 15) is 4.79 Å². The smallest absolute Gasteiger partial charge is 0.320 e. The Morgan fingerprint density at radius 2 is 2.40 bits per heavy atom. The maximum absolute atomic E-state index is 10.2. The summed E-state index contributed by atoms with van der Waals surface area (Å²) in [5.41, 5.74) is 5.24. The lowest BCUT2D eigenvalue weighted by molar-refractivity contribution is -0.138. The highest BCUT2D eigenvalue weighted by molar-refractivity contribution is 8.76. The summed E-state index contributed by atoms with van der Waals surface area (Å²) in [5, 5.41) is 8.34. The summed E-state index contributed by atoms with van der Waals surface area (Å²) in [4.78, 5) is 10.2. The van der Waals surface area contributed by atoms with Crippen LogP contribution in [0, 0.1) is 0 Å². The van der Waals surface area contributed by atoms with Crippen molar-refractivity contribution in [2.45, 2.75) is 12.5 Å². The Hall–Kier alpha value is 0.130. The van der Waals surface area contributed by atoms with Gasteiger partial charge in [0, 0.05) is 5.75 Å². The van der Waals surface area contributed by atoms with Crippen LogP contribution in [0.4, 0.5) is 0 Å². The minimum Gasteiger partial charge on any atom is -0.480 e. The first-order valence-corrected chi connectivity index (χ1v) is 5.55. The van der Waals surface area contributed by atoms with Crippen molar-refractivity contribution in [3.63, 3.8) is 0 Å². The largest absolute Gasteiger partial charge is 0.480 e. The third-order valence-electron chi connectivity index (χ3n) is 0.947. The van der Waals surface area contributed by atoms with E-state index in [2.05, 4.69) is 0 Å². The maximum Gasteiger partial charge on any atom is 0.320 e. The number of nitrogens with two attached hydrogens (primary N) is 1. The van der Waals surface area contributed by atoms with Crippen LogP contribution < -0.4 is 5.73 Å². The molecule has 0 rings (SSSR count). The van der Waals surface area contributed by atoms with Gasteiger partial charge in [-0.1, -0.05) is 21.6 Å². The molecule has 10 heavy (non-hydrogen) atoms. The molecule has 0 fully saturated rings. The number of hydrogen-bond acceptors (Lipinski definition) is 4. The van der Waals surface area contributed by atoms with Crippen molar-refractivity contribution in [1.29, 1.82) is 0 Å². The van der Waals surface area contributed by atoms with Crippen LogP contribution in [0.15, 0.2) is 0 Å². The highest BCUT2D eigenvalue weighted by Gasteiger charge is 2.09. The van der Waals surface area contributed by atoms with Crippen molar-refractivity contribution < 1.29 is 9.90 Å². The van der Waals surface area contributed by atoms with Gasteiger partial charge in [0.2, 0.25) is 0 Å². The van der Waals surface area contributed by atoms with Gasteiger partial charge in [-0.05, 0) is 12.7 Å². The van der Waals surface area contributed by atoms with Gasteiger partial charge in [-0.25, -0.2) is 0 Å². The first kappa shape index (κ1) is 10.1. The Balaban J connectivity index is 3.21. The third-order valence-corrected chi connectivity index (χ3v) is 2.79. The molecule has 5 heteroatoms. The number of aliphatic carboxylic acids is 1. The fourth-order valence-electron chi connectivity index (χ4n) is 0.382. The second-order valence-corrected chi connectivity index (χ2v) is 4.41. The molecule has 3 N–H and O–H groups in total. The van der Waals surface area contributed by atoms with E-state index in [1.54, 1.807) is 21.6 Å². The summed E-state index contributed by atoms with van der Waals surface area (Å²) in [7, 11) is 3.25. The van der Waals surface area contributed by atoms with Gasteiger partial charge in [-0.2, -0.15) is 0 Å². The average Bonchev–Trinajstić information content (AvgIpc) is 1.88. The number of hydrogen-bond donors (Lipinski definition) is 2. The average molecular weight is 181 g/mol. The van der Waals surface area contributed by atoms with Crippen LogP contribution in [0.25, 0.3) is 0 Å². The molecule has 0 aliphatic rings. The Labute approximate surface area is 68.1 Å². The Morgan fingerprint density at radius 3 is 2.80 bits per heavy atom. The van der Waals surface area contributed by atoms with Crippen molar-refractivity contribution in [1.82, 2.24) is 0 Å². The van der Waals surface area contributed by atoms with Gasteiger partial charge in [0.1, 0.15) is 6.04 Å². The standard InChI is InChI=1S/C5H11NO2S2/c1-9-10-3-2-4(6)5(7)8/h4H,2-3,6H2,1H3,(H,7,8)/t4-/m0/s1. The zero-order valence-electron chi connectivity index (χ0n) is 5.74. The van der Waals surface area contributed by atoms with Crippen LogP contribution in [0.5, 0.6) is 0 Å². The SMILES string of the molecule is CSSCC[C@H](N)C(=O)O. The lowest BCUT2D eigenvalue weighted by Gasteiger charge is -2.03. The van der Waals surface area contributed by atoms with Gasteiger partial charge < -0.3 is 10.8 Å². The minimum absolute atomic E-state index is 0.542. The second kappa shape index (κ2) is 5.88. The maximum atomic E-state index is 10.2. The Bertz CT molecular complexity index is 110. The molecule has 60 valence electrons. The molecule has 0 spiro atoms. The Morgan fingerprint density at radius 1 is 1.80 bits per heavy atom. The predicted octanol–water partition coefficient (Wildman–Crippen LogP) is 0.800. The fourth-order valence-corrected chi connectivity index (χ4v) is 1.69. The van der Waals surface area contributed by atoms with E-state index in [1.165, 1.54) is 0 Å². The summed E-state index contributed by atoms with van der Waals surface area (Å²) in [6.45, 7) is 0. The van der Waals surface area contributed by atoms with Gasteiger partial charge >= 0.3 is 5.97 Å². The highest BCUT2D eigenvalue weighted by Crippen LogP contribution is 2.17. The van der Waals surface area contributed by atoms with Crippen LogP contribution in [-0.4, -0.2) is 29.1 Å². The Kier molecular flexibility index (Phi) is 5.96. The summed E-state index contributed by atoms with van der Waals surface area (Å²) < 4.78 is 0. The van der Waals surface area contributed by atoms with Crippen molar-refractivity contribution in [2.24, 2.45) is 5.73 Å². The van der Waals surface area contributed by atoms with Gasteiger partial charge in [0.15, 0.2) is 0 Å². The first-order chi connectivity index (χ1) is 4.68. The summed E-state index contributed by atoms with van der Waals surface area (Å²) in [6, 6.07) is -0.695. The molecule has 0 aliphatic heterocycles. The number of carbonyl (C=O) groups is 1. The van der Waals surface area contributed by atoms with Gasteiger partial charge in [-0.3, -0.25) is 4.79 Å². The quantitative estimate of drug-likeness (QED) is 0.485. The van der Waals surface area contributed by atoms with Gasteiger partial charge in [0.05, 0.1) is 0 Å². The third kappa shape index (κ3) is 4.96. The second-order valence-electron chi connectivity index (χ2n) is 1.72. The zero-order valence-corrected chi connectivity index (χ0v) is 7.37. The molecular formula is C5H11NO2S2. The number of rotatable bonds is 5. The fraction of sp³-hybridized carbons (Fsp3) is 0.800. The number of carboxylic acids is 1. The molecule has 0 radical (unpaired) electrons. The van der Waals surface area contributed by atoms with Crippen molar-refractivity contribution >= 4 is 27.6 Å². The molecule has 3 nitrogen and oxygen atoms in total. The lowest BCUT2D eigenvalue weighted by atomic mass is 10.2. The molecule has 0 aromatic carbocycles. The van der Waals surface area contributed by atoms with Crippen molar-refractivity contribution in [3.8, 4) is 0 Å². The predicted molar refractivity (Wildman–Crippen MR) is 46.2 cm³/mol. The first-order valence-electron chi connectivity index (χ1n) is 2.82. The van der Waals surface area contributed by atoms with E-state index in [4.69, 9.17) is 10.8 Å². The molecule has 1 atom stereocenters. The number of carboxylic acid groups (broad SMARTS) is 1. The van der Waals surface area contributed by atoms with Crippen LogP contribution in [-0.2, 0) is 4.79 Å². The van der Waals surface area contributed by atoms with E-state index in [1.807, 2.05) is 6.26 Å². The summed E-state index contributed by atoms with van der Waals surface area (Å²) in [6.07, 6.45) is 2.50. The normalized spacial score (nSPS) is 13.0. The lowest BCUT2D eigenvalue weighted by Crippen LogP contribution is -2.30. The van der Waals surface area contributed by atoms with E-state index in [0.29, 0.717) is 6.42 Å².